The van der Waals surface area contributed by atoms with Gasteiger partial charge in [-0.05, 0) is 42.8 Å². The highest BCUT2D eigenvalue weighted by molar-refractivity contribution is 6.13. The molecule has 8 heteroatoms. The Morgan fingerprint density at radius 1 is 0.966 bits per heavy atom. The van der Waals surface area contributed by atoms with Gasteiger partial charge in [0.15, 0.2) is 0 Å². The Morgan fingerprint density at radius 3 is 2.41 bits per heavy atom. The zero-order chi connectivity index (χ0) is 20.8. The summed E-state index contributed by atoms with van der Waals surface area (Å²) in [6.45, 7) is -1.21. The number of anilines is 2. The number of hydrogen-bond acceptors (Lipinski definition) is 4. The van der Waals surface area contributed by atoms with Gasteiger partial charge in [0.2, 0.25) is 0 Å². The van der Waals surface area contributed by atoms with Gasteiger partial charge in [0.05, 0.1) is 11.3 Å². The molecule has 1 aromatic heterocycles. The summed E-state index contributed by atoms with van der Waals surface area (Å²) < 4.78 is 29.1. The first kappa shape index (κ1) is 19.9. The fourth-order valence-corrected chi connectivity index (χ4v) is 2.66. The molecule has 3 rings (SSSR count). The van der Waals surface area contributed by atoms with Crippen LogP contribution in [0.3, 0.4) is 0 Å². The van der Waals surface area contributed by atoms with Crippen LogP contribution in [0.2, 0.25) is 0 Å². The van der Waals surface area contributed by atoms with E-state index >= 15 is 0 Å². The molecular formula is C21H17F2N3O3. The Morgan fingerprint density at radius 2 is 1.69 bits per heavy atom. The normalized spacial score (nSPS) is 10.5. The quantitative estimate of drug-likeness (QED) is 0.642. The van der Waals surface area contributed by atoms with E-state index in [4.69, 9.17) is 0 Å². The molecule has 148 valence electrons. The summed E-state index contributed by atoms with van der Waals surface area (Å²) in [6, 6.07) is 13.8. The highest BCUT2D eigenvalue weighted by Gasteiger charge is 2.17. The summed E-state index contributed by atoms with van der Waals surface area (Å²) in [6.07, 6.45) is 2.99. The number of carbonyl (C=O) groups is 2. The summed E-state index contributed by atoms with van der Waals surface area (Å²) in [7, 11) is 0. The van der Waals surface area contributed by atoms with Crippen LogP contribution in [-0.4, -0.2) is 23.4 Å². The molecule has 0 atom stereocenters. The summed E-state index contributed by atoms with van der Waals surface area (Å²) in [5.74, 6) is -0.968. The number of ether oxygens (including phenoxy) is 1. The second-order valence-electron chi connectivity index (χ2n) is 6.05. The molecule has 0 unspecified atom stereocenters. The standard InChI is InChI=1S/C21H17F2N3O3/c1-13-4-2-7-17(18(13)26-19(27)14-8-10-24-11-9-14)20(28)25-15-5-3-6-16(12-15)29-21(22)23/h2-12,21H,1H3,(H,25,28)(H,26,27). The van der Waals surface area contributed by atoms with Gasteiger partial charge in [-0.1, -0.05) is 18.2 Å². The number of hydrogen-bond donors (Lipinski definition) is 2. The maximum Gasteiger partial charge on any atom is 0.387 e. The molecule has 2 amide bonds. The molecule has 29 heavy (non-hydrogen) atoms. The third-order valence-electron chi connectivity index (χ3n) is 4.02. The van der Waals surface area contributed by atoms with E-state index < -0.39 is 12.5 Å². The van der Waals surface area contributed by atoms with E-state index in [9.17, 15) is 18.4 Å². The molecule has 0 spiro atoms. The monoisotopic (exact) mass is 397 g/mol. The predicted octanol–water partition coefficient (Wildman–Crippen LogP) is 4.50. The first-order valence-corrected chi connectivity index (χ1v) is 8.61. The van der Waals surface area contributed by atoms with Crippen molar-refractivity contribution >= 4 is 23.2 Å². The molecule has 6 nitrogen and oxygen atoms in total. The first-order chi connectivity index (χ1) is 13.9. The number of pyridine rings is 1. The molecule has 2 N–H and O–H groups in total. The summed E-state index contributed by atoms with van der Waals surface area (Å²) in [4.78, 5) is 29.1. The maximum absolute atomic E-state index is 12.8. The molecule has 0 aliphatic heterocycles. The lowest BCUT2D eigenvalue weighted by Crippen LogP contribution is -2.19. The van der Waals surface area contributed by atoms with Gasteiger partial charge >= 0.3 is 6.61 Å². The number of nitrogens with one attached hydrogen (secondary N) is 2. The number of amides is 2. The molecule has 1 heterocycles. The number of para-hydroxylation sites is 1. The molecular weight excluding hydrogens is 380 g/mol. The van der Waals surface area contributed by atoms with E-state index in [0.29, 0.717) is 16.8 Å². The van der Waals surface area contributed by atoms with Gasteiger partial charge in [0.25, 0.3) is 11.8 Å². The lowest BCUT2D eigenvalue weighted by Gasteiger charge is -2.14. The molecule has 3 aromatic rings. The number of rotatable bonds is 6. The van der Waals surface area contributed by atoms with Crippen molar-refractivity contribution in [2.24, 2.45) is 0 Å². The highest BCUT2D eigenvalue weighted by Crippen LogP contribution is 2.24. The van der Waals surface area contributed by atoms with Crippen LogP contribution in [0.1, 0.15) is 26.3 Å². The van der Waals surface area contributed by atoms with Gasteiger partial charge in [0.1, 0.15) is 5.75 Å². The van der Waals surface area contributed by atoms with Crippen LogP contribution in [0.4, 0.5) is 20.2 Å². The van der Waals surface area contributed by atoms with Crippen LogP contribution < -0.4 is 15.4 Å². The Balaban J connectivity index is 1.83. The van der Waals surface area contributed by atoms with Crippen molar-refractivity contribution in [2.75, 3.05) is 10.6 Å². The van der Waals surface area contributed by atoms with E-state index in [0.717, 1.165) is 0 Å². The lowest BCUT2D eigenvalue weighted by atomic mass is 10.1. The van der Waals surface area contributed by atoms with E-state index in [1.165, 1.54) is 30.6 Å². The average molecular weight is 397 g/mol. The van der Waals surface area contributed by atoms with Crippen LogP contribution in [0.25, 0.3) is 0 Å². The van der Waals surface area contributed by atoms with Gasteiger partial charge in [-0.3, -0.25) is 14.6 Å². The van der Waals surface area contributed by atoms with Crippen molar-refractivity contribution < 1.29 is 23.1 Å². The maximum atomic E-state index is 12.8. The molecule has 0 bridgehead atoms. The van der Waals surface area contributed by atoms with Crippen molar-refractivity contribution in [3.8, 4) is 5.75 Å². The van der Waals surface area contributed by atoms with Crippen LogP contribution >= 0.6 is 0 Å². The fraction of sp³-hybridized carbons (Fsp3) is 0.0952. The molecule has 2 aromatic carbocycles. The topological polar surface area (TPSA) is 80.3 Å². The summed E-state index contributed by atoms with van der Waals surface area (Å²) in [5.41, 5.74) is 1.95. The van der Waals surface area contributed by atoms with Crippen molar-refractivity contribution in [3.63, 3.8) is 0 Å². The van der Waals surface area contributed by atoms with Crippen molar-refractivity contribution in [1.29, 1.82) is 0 Å². The van der Waals surface area contributed by atoms with Crippen LogP contribution in [-0.2, 0) is 0 Å². The largest absolute Gasteiger partial charge is 0.435 e. The molecule has 0 radical (unpaired) electrons. The van der Waals surface area contributed by atoms with Crippen molar-refractivity contribution in [3.05, 3.63) is 83.7 Å². The number of nitrogens with zero attached hydrogens (tertiary/aromatic N) is 1. The van der Waals surface area contributed by atoms with Gasteiger partial charge in [-0.25, -0.2) is 0 Å². The Bertz CT molecular complexity index is 1030. The van der Waals surface area contributed by atoms with Crippen molar-refractivity contribution in [1.82, 2.24) is 4.98 Å². The average Bonchev–Trinajstić information content (AvgIpc) is 2.69. The highest BCUT2D eigenvalue weighted by atomic mass is 19.3. The number of halogens is 2. The number of alkyl halides is 2. The molecule has 0 saturated heterocycles. The van der Waals surface area contributed by atoms with Gasteiger partial charge < -0.3 is 15.4 Å². The van der Waals surface area contributed by atoms with E-state index in [2.05, 4.69) is 20.4 Å². The van der Waals surface area contributed by atoms with E-state index in [-0.39, 0.29) is 22.9 Å². The third kappa shape index (κ3) is 5.13. The Kier molecular flexibility index (Phi) is 6.13. The minimum absolute atomic E-state index is 0.0757. The van der Waals surface area contributed by atoms with E-state index in [1.54, 1.807) is 43.3 Å². The summed E-state index contributed by atoms with van der Waals surface area (Å²) >= 11 is 0. The molecule has 0 aliphatic carbocycles. The third-order valence-corrected chi connectivity index (χ3v) is 4.02. The van der Waals surface area contributed by atoms with Crippen LogP contribution in [0.5, 0.6) is 5.75 Å². The number of carbonyl (C=O) groups excluding carboxylic acids is 2. The number of benzene rings is 2. The van der Waals surface area contributed by atoms with Gasteiger partial charge in [0, 0.05) is 29.7 Å². The van der Waals surface area contributed by atoms with Crippen molar-refractivity contribution in [2.45, 2.75) is 13.5 Å². The minimum atomic E-state index is -2.97. The molecule has 0 saturated carbocycles. The van der Waals surface area contributed by atoms with Crippen LogP contribution in [0.15, 0.2) is 67.0 Å². The number of aromatic nitrogens is 1. The van der Waals surface area contributed by atoms with E-state index in [1.807, 2.05) is 0 Å². The number of aryl methyl sites for hydroxylation is 1. The Hall–Kier alpha value is -3.81. The first-order valence-electron chi connectivity index (χ1n) is 8.61. The predicted molar refractivity (Wildman–Crippen MR) is 104 cm³/mol. The zero-order valence-corrected chi connectivity index (χ0v) is 15.4. The molecule has 0 fully saturated rings. The van der Waals surface area contributed by atoms with Crippen LogP contribution in [0, 0.1) is 6.92 Å². The Labute approximate surface area is 165 Å². The summed E-state index contributed by atoms with van der Waals surface area (Å²) in [5, 5.41) is 5.38. The zero-order valence-electron chi connectivity index (χ0n) is 15.4. The SMILES string of the molecule is Cc1cccc(C(=O)Nc2cccc(OC(F)F)c2)c1NC(=O)c1ccncc1. The minimum Gasteiger partial charge on any atom is -0.435 e. The lowest BCUT2D eigenvalue weighted by molar-refractivity contribution is -0.0498. The second-order valence-corrected chi connectivity index (χ2v) is 6.05. The second kappa shape index (κ2) is 8.92. The van der Waals surface area contributed by atoms with Gasteiger partial charge in [-0.2, -0.15) is 8.78 Å². The fourth-order valence-electron chi connectivity index (χ4n) is 2.66. The van der Waals surface area contributed by atoms with Gasteiger partial charge in [-0.15, -0.1) is 0 Å². The smallest absolute Gasteiger partial charge is 0.387 e. The molecule has 0 aliphatic rings.